The maximum Gasteiger partial charge on any atom is 0.222 e. The van der Waals surface area contributed by atoms with Crippen LogP contribution in [0.15, 0.2) is 24.3 Å². The number of amides is 1. The topological polar surface area (TPSA) is 67.8 Å². The Bertz CT molecular complexity index is 718. The zero-order valence-corrected chi connectivity index (χ0v) is 16.5. The fourth-order valence-electron chi connectivity index (χ4n) is 6.25. The molecule has 4 rings (SSSR count). The molecule has 27 heavy (non-hydrogen) atoms. The maximum absolute atomic E-state index is 12.5. The molecule has 1 heterocycles. The predicted molar refractivity (Wildman–Crippen MR) is 102 cm³/mol. The lowest BCUT2D eigenvalue weighted by Gasteiger charge is -2.53. The maximum atomic E-state index is 12.5. The summed E-state index contributed by atoms with van der Waals surface area (Å²) in [6.45, 7) is 5.72. The van der Waals surface area contributed by atoms with Gasteiger partial charge in [0.15, 0.2) is 0 Å². The third-order valence-corrected chi connectivity index (χ3v) is 7.59. The molecule has 5 atom stereocenters. The molecule has 1 aromatic carbocycles. The second-order valence-corrected chi connectivity index (χ2v) is 9.14. The highest BCUT2D eigenvalue weighted by Crippen LogP contribution is 2.70. The van der Waals surface area contributed by atoms with Crippen LogP contribution in [0.25, 0.3) is 0 Å². The Labute approximate surface area is 161 Å². The molecular weight excluding hydrogens is 342 g/mol. The number of para-hydroxylation sites is 1. The molecule has 5 nitrogen and oxygen atoms in total. The van der Waals surface area contributed by atoms with Crippen LogP contribution in [-0.4, -0.2) is 37.4 Å². The minimum Gasteiger partial charge on any atom is -0.508 e. The highest BCUT2D eigenvalue weighted by atomic mass is 16.5. The summed E-state index contributed by atoms with van der Waals surface area (Å²) in [7, 11) is 1.62. The van der Waals surface area contributed by atoms with E-state index in [2.05, 4.69) is 19.2 Å². The van der Waals surface area contributed by atoms with E-state index in [4.69, 9.17) is 9.47 Å². The van der Waals surface area contributed by atoms with Crippen LogP contribution in [0.1, 0.15) is 51.2 Å². The van der Waals surface area contributed by atoms with Gasteiger partial charge in [-0.05, 0) is 48.0 Å². The summed E-state index contributed by atoms with van der Waals surface area (Å²) in [5.74, 6) is 1.26. The van der Waals surface area contributed by atoms with E-state index in [1.54, 1.807) is 13.2 Å². The number of fused-ring (bicyclic) bond motifs is 1. The third-order valence-electron chi connectivity index (χ3n) is 7.59. The standard InChI is InChI=1S/C22H31NO4/c1-21(2)14-12-16-19(15-6-4-5-7-17(15)24)27-11-9-22(16,13-14)20(21)23-18(25)8-10-26-3/h4-7,14,16,19-20,24H,8-13H2,1-3H3,(H,23,25)/t14-,16-,19-,20-,22?/m1/s1. The van der Waals surface area contributed by atoms with Crippen molar-refractivity contribution in [3.05, 3.63) is 29.8 Å². The Kier molecular flexibility index (Phi) is 4.71. The number of benzene rings is 1. The van der Waals surface area contributed by atoms with E-state index in [0.717, 1.165) is 24.8 Å². The summed E-state index contributed by atoms with van der Waals surface area (Å²) in [4.78, 5) is 12.5. The van der Waals surface area contributed by atoms with Crippen LogP contribution >= 0.6 is 0 Å². The van der Waals surface area contributed by atoms with Crippen molar-refractivity contribution in [3.8, 4) is 5.75 Å². The molecule has 2 saturated carbocycles. The summed E-state index contributed by atoms with van der Waals surface area (Å²) in [5.41, 5.74) is 0.999. The van der Waals surface area contributed by atoms with Crippen LogP contribution in [0.3, 0.4) is 0 Å². The number of nitrogens with one attached hydrogen (secondary N) is 1. The van der Waals surface area contributed by atoms with Crippen LogP contribution in [0.4, 0.5) is 0 Å². The van der Waals surface area contributed by atoms with E-state index in [9.17, 15) is 9.90 Å². The first-order valence-electron chi connectivity index (χ1n) is 10.1. The van der Waals surface area contributed by atoms with Crippen molar-refractivity contribution < 1.29 is 19.4 Å². The minimum atomic E-state index is -0.0978. The number of phenols is 1. The number of hydrogen-bond acceptors (Lipinski definition) is 4. The molecule has 3 aliphatic rings. The molecule has 0 radical (unpaired) electrons. The van der Waals surface area contributed by atoms with Crippen molar-refractivity contribution >= 4 is 5.91 Å². The summed E-state index contributed by atoms with van der Waals surface area (Å²) in [5, 5.41) is 13.8. The molecule has 1 amide bonds. The van der Waals surface area contributed by atoms with Gasteiger partial charge in [0.25, 0.3) is 0 Å². The van der Waals surface area contributed by atoms with Crippen LogP contribution < -0.4 is 5.32 Å². The van der Waals surface area contributed by atoms with E-state index < -0.39 is 0 Å². The van der Waals surface area contributed by atoms with Crippen LogP contribution in [-0.2, 0) is 14.3 Å². The van der Waals surface area contributed by atoms with Gasteiger partial charge in [-0.1, -0.05) is 32.0 Å². The molecule has 1 spiro atoms. The van der Waals surface area contributed by atoms with Crippen molar-refractivity contribution in [3.63, 3.8) is 0 Å². The Hall–Kier alpha value is -1.59. The molecule has 2 bridgehead atoms. The fourth-order valence-corrected chi connectivity index (χ4v) is 6.25. The van der Waals surface area contributed by atoms with E-state index in [1.165, 1.54) is 0 Å². The fraction of sp³-hybridized carbons (Fsp3) is 0.682. The molecule has 1 aromatic rings. The Balaban J connectivity index is 1.64. The van der Waals surface area contributed by atoms with Gasteiger partial charge >= 0.3 is 0 Å². The highest BCUT2D eigenvalue weighted by Gasteiger charge is 2.68. The van der Waals surface area contributed by atoms with Crippen molar-refractivity contribution in [1.82, 2.24) is 5.32 Å². The van der Waals surface area contributed by atoms with Crippen molar-refractivity contribution in [2.75, 3.05) is 20.3 Å². The van der Waals surface area contributed by atoms with Crippen molar-refractivity contribution in [2.24, 2.45) is 22.7 Å². The van der Waals surface area contributed by atoms with Crippen molar-refractivity contribution in [2.45, 2.75) is 51.7 Å². The van der Waals surface area contributed by atoms with Crippen LogP contribution in [0.2, 0.25) is 0 Å². The van der Waals surface area contributed by atoms with Gasteiger partial charge in [-0.25, -0.2) is 0 Å². The number of carbonyl (C=O) groups is 1. The zero-order valence-electron chi connectivity index (χ0n) is 16.5. The first-order valence-corrected chi connectivity index (χ1v) is 10.1. The number of aromatic hydroxyl groups is 1. The monoisotopic (exact) mass is 373 g/mol. The van der Waals surface area contributed by atoms with Gasteiger partial charge < -0.3 is 19.9 Å². The summed E-state index contributed by atoms with van der Waals surface area (Å²) in [6.07, 6.45) is 3.49. The van der Waals surface area contributed by atoms with Gasteiger partial charge in [0.1, 0.15) is 5.75 Å². The number of phenolic OH excluding ortho intramolecular Hbond substituents is 1. The first kappa shape index (κ1) is 18.8. The van der Waals surface area contributed by atoms with Gasteiger partial charge in [0.2, 0.25) is 5.91 Å². The molecule has 5 heteroatoms. The molecule has 3 fully saturated rings. The SMILES string of the molecule is COCCC(=O)N[C@@H]1C(C)(C)[C@@H]2C[C@@H]3[C@@H](c4ccccc4O)OCCC31C2. The van der Waals surface area contributed by atoms with Crippen LogP contribution in [0, 0.1) is 22.7 Å². The van der Waals surface area contributed by atoms with Crippen molar-refractivity contribution in [1.29, 1.82) is 0 Å². The molecule has 1 saturated heterocycles. The molecule has 148 valence electrons. The zero-order chi connectivity index (χ0) is 19.2. The normalized spacial score (nSPS) is 36.4. The van der Waals surface area contributed by atoms with Gasteiger partial charge in [-0.2, -0.15) is 0 Å². The molecule has 2 aliphatic carbocycles. The summed E-state index contributed by atoms with van der Waals surface area (Å²) >= 11 is 0. The summed E-state index contributed by atoms with van der Waals surface area (Å²) in [6, 6.07) is 7.65. The lowest BCUT2D eigenvalue weighted by molar-refractivity contribution is -0.138. The molecule has 1 aliphatic heterocycles. The van der Waals surface area contributed by atoms with Crippen LogP contribution in [0.5, 0.6) is 5.75 Å². The van der Waals surface area contributed by atoms with E-state index in [-0.39, 0.29) is 28.9 Å². The second-order valence-electron chi connectivity index (χ2n) is 9.14. The average Bonchev–Trinajstić information content (AvgIpc) is 3.13. The Morgan fingerprint density at radius 1 is 1.37 bits per heavy atom. The number of rotatable bonds is 5. The van der Waals surface area contributed by atoms with E-state index in [1.807, 2.05) is 18.2 Å². The molecule has 1 unspecified atom stereocenters. The largest absolute Gasteiger partial charge is 0.508 e. The van der Waals surface area contributed by atoms with Gasteiger partial charge in [-0.3, -0.25) is 4.79 Å². The second kappa shape index (κ2) is 6.78. The van der Waals surface area contributed by atoms with Gasteiger partial charge in [-0.15, -0.1) is 0 Å². The number of ether oxygens (including phenoxy) is 2. The lowest BCUT2D eigenvalue weighted by atomic mass is 9.58. The predicted octanol–water partition coefficient (Wildman–Crippen LogP) is 3.43. The minimum absolute atomic E-state index is 0.0437. The quantitative estimate of drug-likeness (QED) is 0.830. The Morgan fingerprint density at radius 3 is 2.89 bits per heavy atom. The lowest BCUT2D eigenvalue weighted by Crippen LogP contribution is -2.59. The van der Waals surface area contributed by atoms with Gasteiger partial charge in [0.05, 0.1) is 12.7 Å². The van der Waals surface area contributed by atoms with Gasteiger partial charge in [0, 0.05) is 31.7 Å². The number of carbonyl (C=O) groups excluding carboxylic acids is 1. The molecule has 2 N–H and O–H groups in total. The number of methoxy groups -OCH3 is 1. The number of hydrogen-bond donors (Lipinski definition) is 2. The third kappa shape index (κ3) is 2.87. The van der Waals surface area contributed by atoms with E-state index >= 15 is 0 Å². The molecule has 0 aromatic heterocycles. The first-order chi connectivity index (χ1) is 12.9. The highest BCUT2D eigenvalue weighted by molar-refractivity contribution is 5.76. The van der Waals surface area contributed by atoms with E-state index in [0.29, 0.717) is 37.2 Å². The average molecular weight is 373 g/mol. The molecular formula is C22H31NO4. The Morgan fingerprint density at radius 2 is 2.15 bits per heavy atom. The summed E-state index contributed by atoms with van der Waals surface area (Å²) < 4.78 is 11.3. The smallest absolute Gasteiger partial charge is 0.222 e.